The SMILES string of the molecule is N/C(=C\C=C(/N)c1ccc(-c2c(-c3ccc(C4=NC(c5ccccc5)NC(c5ccccc5)=N4)cc3)ccc3c2sc2ccccc23)cc1)c1ccccc1. The smallest absolute Gasteiger partial charge is 0.159 e. The molecule has 1 aliphatic rings. The predicted molar refractivity (Wildman–Crippen MR) is 233 cm³/mol. The Hall–Kier alpha value is -7.02. The molecule has 0 bridgehead atoms. The van der Waals surface area contributed by atoms with Gasteiger partial charge in [-0.15, -0.1) is 11.3 Å². The van der Waals surface area contributed by atoms with Crippen molar-refractivity contribution in [2.45, 2.75) is 6.17 Å². The topological polar surface area (TPSA) is 88.8 Å². The maximum Gasteiger partial charge on any atom is 0.159 e. The molecular formula is C49H37N5S. The number of hydrogen-bond acceptors (Lipinski definition) is 6. The maximum absolute atomic E-state index is 6.57. The van der Waals surface area contributed by atoms with E-state index in [0.717, 1.165) is 50.3 Å². The summed E-state index contributed by atoms with van der Waals surface area (Å²) < 4.78 is 2.52. The first-order valence-corrected chi connectivity index (χ1v) is 19.1. The highest BCUT2D eigenvalue weighted by Crippen LogP contribution is 2.45. The Bertz CT molecular complexity index is 2760. The molecule has 9 rings (SSSR count). The summed E-state index contributed by atoms with van der Waals surface area (Å²) in [5.41, 5.74) is 23.8. The lowest BCUT2D eigenvalue weighted by molar-refractivity contribution is 0.674. The molecule has 0 saturated heterocycles. The number of amidine groups is 2. The Labute approximate surface area is 324 Å². The van der Waals surface area contributed by atoms with E-state index in [1.807, 2.05) is 90.2 Å². The molecule has 1 aliphatic heterocycles. The lowest BCUT2D eigenvalue weighted by Gasteiger charge is -2.23. The van der Waals surface area contributed by atoms with Crippen molar-refractivity contribution in [3.05, 3.63) is 216 Å². The van der Waals surface area contributed by atoms with Crippen molar-refractivity contribution >= 4 is 54.6 Å². The fourth-order valence-electron chi connectivity index (χ4n) is 7.07. The maximum atomic E-state index is 6.57. The zero-order valence-electron chi connectivity index (χ0n) is 29.9. The summed E-state index contributed by atoms with van der Waals surface area (Å²) in [5.74, 6) is 1.50. The monoisotopic (exact) mass is 727 g/mol. The average molecular weight is 728 g/mol. The van der Waals surface area contributed by atoms with E-state index in [1.54, 1.807) is 0 Å². The van der Waals surface area contributed by atoms with Gasteiger partial charge < -0.3 is 16.8 Å². The second kappa shape index (κ2) is 14.8. The molecule has 5 N–H and O–H groups in total. The standard InChI is InChI=1S/C49H37N5S/c50-42(33-12-4-1-5-13-33)30-31-43(51)34-22-24-35(25-23-34)45-39(28-29-41-40-18-10-11-19-44(40)55-46(41)45)32-20-26-38(27-21-32)49-53-47(36-14-6-2-7-15-36)52-48(54-49)37-16-8-3-9-17-37/h1-31,47H,50-51H2,(H,52,53,54)/b42-30-,43-31-. The first-order valence-electron chi connectivity index (χ1n) is 18.3. The van der Waals surface area contributed by atoms with E-state index in [4.69, 9.17) is 21.5 Å². The number of nitrogens with one attached hydrogen (secondary N) is 1. The van der Waals surface area contributed by atoms with Crippen LogP contribution in [0.2, 0.25) is 0 Å². The summed E-state index contributed by atoms with van der Waals surface area (Å²) in [6, 6.07) is 60.7. The number of aliphatic imine (C=N–C) groups is 2. The second-order valence-electron chi connectivity index (χ2n) is 13.5. The van der Waals surface area contributed by atoms with Crippen LogP contribution in [0.3, 0.4) is 0 Å². The van der Waals surface area contributed by atoms with Crippen LogP contribution in [0.1, 0.15) is 34.0 Å². The van der Waals surface area contributed by atoms with Crippen molar-refractivity contribution in [1.82, 2.24) is 5.32 Å². The van der Waals surface area contributed by atoms with Crippen molar-refractivity contribution < 1.29 is 0 Å². The van der Waals surface area contributed by atoms with Gasteiger partial charge in [0.05, 0.1) is 0 Å². The number of rotatable bonds is 8. The van der Waals surface area contributed by atoms with Crippen molar-refractivity contribution in [3.8, 4) is 22.3 Å². The molecule has 2 heterocycles. The molecule has 0 amide bonds. The van der Waals surface area contributed by atoms with Crippen LogP contribution in [-0.4, -0.2) is 11.7 Å². The molecule has 1 atom stereocenters. The molecule has 0 fully saturated rings. The summed E-state index contributed by atoms with van der Waals surface area (Å²) >= 11 is 1.83. The minimum Gasteiger partial charge on any atom is -0.398 e. The van der Waals surface area contributed by atoms with Gasteiger partial charge in [-0.3, -0.25) is 0 Å². The third-order valence-electron chi connectivity index (χ3n) is 9.96. The van der Waals surface area contributed by atoms with Gasteiger partial charge in [0.2, 0.25) is 0 Å². The summed E-state index contributed by atoms with van der Waals surface area (Å²) in [6.45, 7) is 0. The number of thiophene rings is 1. The number of nitrogens with zero attached hydrogens (tertiary/aromatic N) is 2. The number of hydrogen-bond donors (Lipinski definition) is 3. The van der Waals surface area contributed by atoms with Crippen LogP contribution in [0.15, 0.2) is 198 Å². The Balaban J connectivity index is 1.10. The largest absolute Gasteiger partial charge is 0.398 e. The van der Waals surface area contributed by atoms with Gasteiger partial charge in [0.25, 0.3) is 0 Å². The number of benzene rings is 7. The molecule has 8 aromatic rings. The lowest BCUT2D eigenvalue weighted by atomic mass is 9.91. The minimum atomic E-state index is -0.255. The fraction of sp³-hybridized carbons (Fsp3) is 0.0204. The molecule has 55 heavy (non-hydrogen) atoms. The van der Waals surface area contributed by atoms with Crippen molar-refractivity contribution in [2.75, 3.05) is 0 Å². The summed E-state index contributed by atoms with van der Waals surface area (Å²) in [4.78, 5) is 10.1. The van der Waals surface area contributed by atoms with E-state index in [0.29, 0.717) is 17.2 Å². The Morgan fingerprint density at radius 1 is 0.527 bits per heavy atom. The number of nitrogens with two attached hydrogens (primary N) is 2. The molecule has 0 radical (unpaired) electrons. The summed E-state index contributed by atoms with van der Waals surface area (Å²) in [7, 11) is 0. The molecule has 1 unspecified atom stereocenters. The zero-order valence-corrected chi connectivity index (χ0v) is 30.7. The van der Waals surface area contributed by atoms with Crippen LogP contribution in [0.5, 0.6) is 0 Å². The fourth-order valence-corrected chi connectivity index (χ4v) is 8.35. The van der Waals surface area contributed by atoms with Crippen molar-refractivity contribution in [1.29, 1.82) is 0 Å². The van der Waals surface area contributed by atoms with Gasteiger partial charge >= 0.3 is 0 Å². The molecule has 0 spiro atoms. The molecule has 6 heteroatoms. The molecule has 1 aromatic heterocycles. The summed E-state index contributed by atoms with van der Waals surface area (Å²) in [5, 5.41) is 6.06. The molecule has 0 saturated carbocycles. The van der Waals surface area contributed by atoms with Crippen LogP contribution in [0.25, 0.3) is 53.8 Å². The van der Waals surface area contributed by atoms with E-state index >= 15 is 0 Å². The lowest BCUT2D eigenvalue weighted by Crippen LogP contribution is -2.33. The van der Waals surface area contributed by atoms with E-state index in [-0.39, 0.29) is 6.17 Å². The molecule has 7 aromatic carbocycles. The third kappa shape index (κ3) is 6.83. The van der Waals surface area contributed by atoms with E-state index in [1.165, 1.54) is 25.7 Å². The van der Waals surface area contributed by atoms with Crippen LogP contribution in [0, 0.1) is 0 Å². The normalized spacial score (nSPS) is 14.7. The van der Waals surface area contributed by atoms with E-state index in [9.17, 15) is 0 Å². The quantitative estimate of drug-likeness (QED) is 0.136. The first kappa shape index (κ1) is 33.8. The highest BCUT2D eigenvalue weighted by atomic mass is 32.1. The number of allylic oxidation sites excluding steroid dienone is 2. The zero-order chi connectivity index (χ0) is 37.1. The summed E-state index contributed by atoms with van der Waals surface area (Å²) in [6.07, 6.45) is 3.48. The van der Waals surface area contributed by atoms with Crippen molar-refractivity contribution in [2.24, 2.45) is 21.5 Å². The van der Waals surface area contributed by atoms with Gasteiger partial charge in [0.15, 0.2) is 5.84 Å². The van der Waals surface area contributed by atoms with Crippen LogP contribution in [-0.2, 0) is 0 Å². The van der Waals surface area contributed by atoms with E-state index in [2.05, 4.69) is 115 Å². The van der Waals surface area contributed by atoms with Gasteiger partial charge in [-0.1, -0.05) is 170 Å². The minimum absolute atomic E-state index is 0.255. The predicted octanol–water partition coefficient (Wildman–Crippen LogP) is 11.2. The first-order chi connectivity index (χ1) is 27.1. The highest BCUT2D eigenvalue weighted by molar-refractivity contribution is 7.26. The number of fused-ring (bicyclic) bond motifs is 3. The van der Waals surface area contributed by atoms with Gasteiger partial charge in [-0.2, -0.15) is 0 Å². The van der Waals surface area contributed by atoms with Crippen LogP contribution in [0.4, 0.5) is 0 Å². The van der Waals surface area contributed by atoms with Crippen LogP contribution >= 0.6 is 11.3 Å². The molecule has 5 nitrogen and oxygen atoms in total. The molecular weight excluding hydrogens is 691 g/mol. The highest BCUT2D eigenvalue weighted by Gasteiger charge is 2.22. The Kier molecular flexibility index (Phi) is 9.08. The van der Waals surface area contributed by atoms with Crippen molar-refractivity contribution in [3.63, 3.8) is 0 Å². The Morgan fingerprint density at radius 3 is 1.82 bits per heavy atom. The van der Waals surface area contributed by atoms with Crippen LogP contribution < -0.4 is 16.8 Å². The average Bonchev–Trinajstić information content (AvgIpc) is 3.65. The van der Waals surface area contributed by atoms with Gasteiger partial charge in [0, 0.05) is 48.3 Å². The Morgan fingerprint density at radius 2 is 1.11 bits per heavy atom. The van der Waals surface area contributed by atoms with E-state index < -0.39 is 0 Å². The molecule has 264 valence electrons. The van der Waals surface area contributed by atoms with Gasteiger partial charge in [-0.25, -0.2) is 9.98 Å². The van der Waals surface area contributed by atoms with Gasteiger partial charge in [-0.05, 0) is 51.6 Å². The second-order valence-corrected chi connectivity index (χ2v) is 14.5. The molecule has 0 aliphatic carbocycles. The van der Waals surface area contributed by atoms with Gasteiger partial charge in [0.1, 0.15) is 12.0 Å². The third-order valence-corrected chi connectivity index (χ3v) is 11.2.